The molecule has 1 heterocycles. The molecule has 3 N–H and O–H groups in total. The number of hydrogen-bond acceptors (Lipinski definition) is 4. The Balaban J connectivity index is 2.22. The predicted molar refractivity (Wildman–Crippen MR) is 70.0 cm³/mol. The molecule has 1 amide bonds. The van der Waals surface area contributed by atoms with Crippen LogP contribution in [0.5, 0.6) is 0 Å². The summed E-state index contributed by atoms with van der Waals surface area (Å²) < 4.78 is 35.0. The van der Waals surface area contributed by atoms with Crippen molar-refractivity contribution in [2.45, 2.75) is 4.90 Å². The number of rotatable bonds is 3. The van der Waals surface area contributed by atoms with Gasteiger partial charge in [0.15, 0.2) is 0 Å². The van der Waals surface area contributed by atoms with Gasteiger partial charge in [-0.3, -0.25) is 4.79 Å². The average molecular weight is 295 g/mol. The smallest absolute Gasteiger partial charge is 0.257 e. The minimum Gasteiger partial charge on any atom is -0.322 e. The summed E-state index contributed by atoms with van der Waals surface area (Å²) in [6, 6.07) is 7.80. The molecule has 0 aliphatic heterocycles. The molecule has 0 saturated carbocycles. The Kier molecular flexibility index (Phi) is 3.77. The summed E-state index contributed by atoms with van der Waals surface area (Å²) in [5.41, 5.74) is 0.401. The fourth-order valence-corrected chi connectivity index (χ4v) is 2.02. The number of carbonyl (C=O) groups is 1. The number of pyridine rings is 1. The molecule has 0 unspecified atom stereocenters. The van der Waals surface area contributed by atoms with Crippen LogP contribution in [0.1, 0.15) is 10.4 Å². The van der Waals surface area contributed by atoms with Crippen LogP contribution >= 0.6 is 0 Å². The predicted octanol–water partition coefficient (Wildman–Crippen LogP) is 1.12. The van der Waals surface area contributed by atoms with E-state index in [1.807, 2.05) is 0 Å². The molecular weight excluding hydrogens is 285 g/mol. The van der Waals surface area contributed by atoms with Gasteiger partial charge in [-0.2, -0.15) is 4.39 Å². The molecule has 20 heavy (non-hydrogen) atoms. The number of hydrogen-bond donors (Lipinski definition) is 2. The van der Waals surface area contributed by atoms with E-state index in [-0.39, 0.29) is 16.1 Å². The number of benzene rings is 1. The Bertz CT molecular complexity index is 745. The maximum absolute atomic E-state index is 12.6. The van der Waals surface area contributed by atoms with Crippen LogP contribution in [0.25, 0.3) is 0 Å². The number of primary sulfonamides is 1. The first-order chi connectivity index (χ1) is 9.36. The number of nitrogens with two attached hydrogens (primary N) is 1. The molecule has 0 aliphatic rings. The van der Waals surface area contributed by atoms with Crippen LogP contribution < -0.4 is 10.5 Å². The first kappa shape index (κ1) is 14.1. The largest absolute Gasteiger partial charge is 0.322 e. The minimum absolute atomic E-state index is 0.118. The number of halogens is 1. The standard InChI is InChI=1S/C12H10FN3O3S/c13-11-5-4-8(7-15-11)12(17)16-9-2-1-3-10(6-9)20(14,18)19/h1-7H,(H,16,17)(H2,14,18,19). The van der Waals surface area contributed by atoms with Crippen LogP contribution in [0.2, 0.25) is 0 Å². The highest BCUT2D eigenvalue weighted by molar-refractivity contribution is 7.89. The Labute approximate surface area is 114 Å². The lowest BCUT2D eigenvalue weighted by atomic mass is 10.2. The lowest BCUT2D eigenvalue weighted by Crippen LogP contribution is -2.15. The second-order valence-corrected chi connectivity index (χ2v) is 5.46. The van der Waals surface area contributed by atoms with Crippen molar-refractivity contribution in [2.75, 3.05) is 5.32 Å². The molecule has 0 spiro atoms. The van der Waals surface area contributed by atoms with Crippen LogP contribution in [-0.4, -0.2) is 19.3 Å². The van der Waals surface area contributed by atoms with Gasteiger partial charge >= 0.3 is 0 Å². The molecule has 6 nitrogen and oxygen atoms in total. The minimum atomic E-state index is -3.84. The first-order valence-electron chi connectivity index (χ1n) is 5.42. The van der Waals surface area contributed by atoms with E-state index in [1.165, 1.54) is 30.3 Å². The van der Waals surface area contributed by atoms with Gasteiger partial charge in [0.25, 0.3) is 5.91 Å². The summed E-state index contributed by atoms with van der Waals surface area (Å²) in [6.45, 7) is 0. The highest BCUT2D eigenvalue weighted by Crippen LogP contribution is 2.15. The monoisotopic (exact) mass is 295 g/mol. The van der Waals surface area contributed by atoms with Crippen LogP contribution in [0, 0.1) is 5.95 Å². The molecule has 104 valence electrons. The zero-order valence-corrected chi connectivity index (χ0v) is 10.9. The molecule has 1 aromatic heterocycles. The zero-order valence-electron chi connectivity index (χ0n) is 10.1. The van der Waals surface area contributed by atoms with E-state index >= 15 is 0 Å². The summed E-state index contributed by atoms with van der Waals surface area (Å²) in [5, 5.41) is 7.46. The van der Waals surface area contributed by atoms with Crippen molar-refractivity contribution in [3.63, 3.8) is 0 Å². The van der Waals surface area contributed by atoms with Crippen molar-refractivity contribution in [1.82, 2.24) is 4.98 Å². The molecular formula is C12H10FN3O3S. The van der Waals surface area contributed by atoms with Crippen molar-refractivity contribution in [3.05, 3.63) is 54.1 Å². The highest BCUT2D eigenvalue weighted by Gasteiger charge is 2.10. The molecule has 2 rings (SSSR count). The van der Waals surface area contributed by atoms with Crippen LogP contribution in [-0.2, 0) is 10.0 Å². The van der Waals surface area contributed by atoms with Gasteiger partial charge in [-0.1, -0.05) is 6.07 Å². The fraction of sp³-hybridized carbons (Fsp3) is 0. The topological polar surface area (TPSA) is 102 Å². The van der Waals surface area contributed by atoms with Crippen molar-refractivity contribution >= 4 is 21.6 Å². The second-order valence-electron chi connectivity index (χ2n) is 3.90. The van der Waals surface area contributed by atoms with Crippen LogP contribution in [0.15, 0.2) is 47.5 Å². The summed E-state index contributed by atoms with van der Waals surface area (Å²) in [7, 11) is -3.84. The third-order valence-electron chi connectivity index (χ3n) is 2.41. The molecule has 1 aromatic carbocycles. The Morgan fingerprint density at radius 1 is 1.25 bits per heavy atom. The third-order valence-corrected chi connectivity index (χ3v) is 3.32. The van der Waals surface area contributed by atoms with Crippen molar-refractivity contribution < 1.29 is 17.6 Å². The van der Waals surface area contributed by atoms with Gasteiger partial charge in [-0.05, 0) is 30.3 Å². The fourth-order valence-electron chi connectivity index (χ4n) is 1.46. The van der Waals surface area contributed by atoms with Crippen molar-refractivity contribution in [2.24, 2.45) is 5.14 Å². The Morgan fingerprint density at radius 3 is 2.60 bits per heavy atom. The van der Waals surface area contributed by atoms with Gasteiger partial charge in [-0.25, -0.2) is 18.5 Å². The summed E-state index contributed by atoms with van der Waals surface area (Å²) >= 11 is 0. The van der Waals surface area contributed by atoms with E-state index in [1.54, 1.807) is 0 Å². The van der Waals surface area contributed by atoms with Crippen molar-refractivity contribution in [3.8, 4) is 0 Å². The maximum atomic E-state index is 12.6. The molecule has 0 atom stereocenters. The van der Waals surface area contributed by atoms with Gasteiger partial charge in [0, 0.05) is 11.9 Å². The van der Waals surface area contributed by atoms with Crippen LogP contribution in [0.4, 0.5) is 10.1 Å². The number of nitrogens with zero attached hydrogens (tertiary/aromatic N) is 1. The van der Waals surface area contributed by atoms with E-state index in [2.05, 4.69) is 10.3 Å². The van der Waals surface area contributed by atoms with E-state index in [4.69, 9.17) is 5.14 Å². The van der Waals surface area contributed by atoms with Gasteiger partial charge in [-0.15, -0.1) is 0 Å². The number of sulfonamides is 1. The van der Waals surface area contributed by atoms with Crippen molar-refractivity contribution in [1.29, 1.82) is 0 Å². The maximum Gasteiger partial charge on any atom is 0.257 e. The summed E-state index contributed by atoms with van der Waals surface area (Å²) in [4.78, 5) is 15.1. The SMILES string of the molecule is NS(=O)(=O)c1cccc(NC(=O)c2ccc(F)nc2)c1. The number of carbonyl (C=O) groups excluding carboxylic acids is 1. The second kappa shape index (κ2) is 5.35. The number of anilines is 1. The number of aromatic nitrogens is 1. The average Bonchev–Trinajstić information content (AvgIpc) is 2.38. The van der Waals surface area contributed by atoms with E-state index < -0.39 is 21.9 Å². The Hall–Kier alpha value is -2.32. The molecule has 2 aromatic rings. The number of nitrogens with one attached hydrogen (secondary N) is 1. The van der Waals surface area contributed by atoms with Gasteiger partial charge < -0.3 is 5.32 Å². The van der Waals surface area contributed by atoms with E-state index in [9.17, 15) is 17.6 Å². The van der Waals surface area contributed by atoms with Crippen LogP contribution in [0.3, 0.4) is 0 Å². The van der Waals surface area contributed by atoms with E-state index in [0.29, 0.717) is 0 Å². The molecule has 0 bridgehead atoms. The summed E-state index contributed by atoms with van der Waals surface area (Å²) in [5.74, 6) is -1.23. The lowest BCUT2D eigenvalue weighted by molar-refractivity contribution is 0.102. The van der Waals surface area contributed by atoms with E-state index in [0.717, 1.165) is 12.3 Å². The van der Waals surface area contributed by atoms with Gasteiger partial charge in [0.05, 0.1) is 10.5 Å². The lowest BCUT2D eigenvalue weighted by Gasteiger charge is -2.06. The zero-order chi connectivity index (χ0) is 14.8. The Morgan fingerprint density at radius 2 is 2.00 bits per heavy atom. The summed E-state index contributed by atoms with van der Waals surface area (Å²) in [6.07, 6.45) is 1.08. The molecule has 0 aliphatic carbocycles. The van der Waals surface area contributed by atoms with Gasteiger partial charge in [0.1, 0.15) is 0 Å². The molecule has 8 heteroatoms. The van der Waals surface area contributed by atoms with Gasteiger partial charge in [0.2, 0.25) is 16.0 Å². The first-order valence-corrected chi connectivity index (χ1v) is 6.97. The molecule has 0 fully saturated rings. The third kappa shape index (κ3) is 3.37. The normalized spacial score (nSPS) is 11.1. The molecule has 0 radical (unpaired) electrons. The number of amides is 1. The molecule has 0 saturated heterocycles. The highest BCUT2D eigenvalue weighted by atomic mass is 32.2. The quantitative estimate of drug-likeness (QED) is 0.828.